The molecule has 3 rings (SSSR count). The van der Waals surface area contributed by atoms with E-state index in [1.165, 1.54) is 22.9 Å². The Bertz CT molecular complexity index is 1050. The van der Waals surface area contributed by atoms with Crippen molar-refractivity contribution in [1.82, 2.24) is 19.2 Å². The average molecular weight is 421 g/mol. The molecule has 29 heavy (non-hydrogen) atoms. The van der Waals surface area contributed by atoms with Crippen LogP contribution in [-0.4, -0.2) is 47.3 Å². The van der Waals surface area contributed by atoms with Gasteiger partial charge in [0.25, 0.3) is 0 Å². The number of carbonyl (C=O) groups is 1. The Labute approximate surface area is 171 Å². The highest BCUT2D eigenvalue weighted by Gasteiger charge is 2.31. The number of nitrogens with one attached hydrogen (secondary N) is 1. The van der Waals surface area contributed by atoms with Gasteiger partial charge in [0.2, 0.25) is 15.9 Å². The summed E-state index contributed by atoms with van der Waals surface area (Å²) < 4.78 is 29.0. The number of rotatable bonds is 7. The van der Waals surface area contributed by atoms with Gasteiger partial charge < -0.3 is 5.32 Å². The highest BCUT2D eigenvalue weighted by molar-refractivity contribution is 7.89. The summed E-state index contributed by atoms with van der Waals surface area (Å²) in [6.45, 7) is 4.87. The largest absolute Gasteiger partial charge is 0.355 e. The van der Waals surface area contributed by atoms with Crippen LogP contribution in [0.25, 0.3) is 10.9 Å². The summed E-state index contributed by atoms with van der Waals surface area (Å²) in [7, 11) is -3.62. The molecular weight excluding hydrogens is 392 g/mol. The zero-order valence-electron chi connectivity index (χ0n) is 16.9. The maximum atomic E-state index is 13.1. The average Bonchev–Trinajstić information content (AvgIpc) is 2.70. The lowest BCUT2D eigenvalue weighted by Gasteiger charge is -2.32. The van der Waals surface area contributed by atoms with E-state index in [1.807, 2.05) is 13.8 Å². The number of nitrogens with zero attached hydrogens (tertiary/aromatic N) is 3. The number of benzene rings is 1. The minimum Gasteiger partial charge on any atom is -0.355 e. The number of hydrogen-bond acceptors (Lipinski definition) is 5. The zero-order valence-corrected chi connectivity index (χ0v) is 17.7. The van der Waals surface area contributed by atoms with Crippen molar-refractivity contribution in [2.45, 2.75) is 63.4 Å². The number of unbranched alkanes of at least 4 members (excludes halogenated alkanes) is 1. The Morgan fingerprint density at radius 2 is 2.10 bits per heavy atom. The van der Waals surface area contributed by atoms with Gasteiger partial charge in [-0.15, -0.1) is 0 Å². The molecule has 0 radical (unpaired) electrons. The normalized spacial score (nSPS) is 18.1. The second kappa shape index (κ2) is 9.04. The van der Waals surface area contributed by atoms with Gasteiger partial charge >= 0.3 is 5.69 Å². The zero-order chi connectivity index (χ0) is 21.0. The molecule has 1 N–H and O–H groups in total. The van der Waals surface area contributed by atoms with Crippen LogP contribution in [-0.2, 0) is 21.4 Å². The summed E-state index contributed by atoms with van der Waals surface area (Å²) in [5, 5.41) is 3.29. The van der Waals surface area contributed by atoms with Crippen molar-refractivity contribution in [1.29, 1.82) is 0 Å². The van der Waals surface area contributed by atoms with Gasteiger partial charge in [-0.2, -0.15) is 4.31 Å². The third kappa shape index (κ3) is 4.67. The summed E-state index contributed by atoms with van der Waals surface area (Å²) in [6.07, 6.45) is 5.92. The quantitative estimate of drug-likeness (QED) is 0.689. The summed E-state index contributed by atoms with van der Waals surface area (Å²) in [5.74, 6) is -0.270. The predicted octanol–water partition coefficient (Wildman–Crippen LogP) is 1.88. The van der Waals surface area contributed by atoms with E-state index in [2.05, 4.69) is 10.3 Å². The van der Waals surface area contributed by atoms with E-state index in [-0.39, 0.29) is 23.4 Å². The third-order valence-electron chi connectivity index (χ3n) is 5.34. The van der Waals surface area contributed by atoms with Crippen LogP contribution in [0.2, 0.25) is 0 Å². The maximum Gasteiger partial charge on any atom is 0.348 e. The molecule has 0 unspecified atom stereocenters. The molecule has 1 aromatic carbocycles. The summed E-state index contributed by atoms with van der Waals surface area (Å²) >= 11 is 0. The molecule has 0 spiro atoms. The molecule has 1 aliphatic rings. The molecule has 1 saturated heterocycles. The molecule has 0 saturated carbocycles. The molecule has 1 aliphatic heterocycles. The number of amides is 1. The summed E-state index contributed by atoms with van der Waals surface area (Å²) in [6, 6.07) is 4.58. The number of sulfonamides is 1. The fraction of sp³-hybridized carbons (Fsp3) is 0.550. The Morgan fingerprint density at radius 3 is 2.83 bits per heavy atom. The van der Waals surface area contributed by atoms with E-state index in [0.29, 0.717) is 24.0 Å². The van der Waals surface area contributed by atoms with E-state index < -0.39 is 15.7 Å². The lowest BCUT2D eigenvalue weighted by molar-refractivity contribution is -0.121. The maximum absolute atomic E-state index is 13.1. The first-order chi connectivity index (χ1) is 13.8. The van der Waals surface area contributed by atoms with Crippen LogP contribution in [0.3, 0.4) is 0 Å². The van der Waals surface area contributed by atoms with Crippen LogP contribution in [0.4, 0.5) is 0 Å². The van der Waals surface area contributed by atoms with E-state index in [9.17, 15) is 18.0 Å². The highest BCUT2D eigenvalue weighted by atomic mass is 32.2. The Hall–Kier alpha value is -2.26. The van der Waals surface area contributed by atoms with Crippen LogP contribution < -0.4 is 11.0 Å². The first-order valence-electron chi connectivity index (χ1n) is 10.1. The number of carbonyl (C=O) groups excluding carboxylic acids is 1. The Balaban J connectivity index is 1.92. The topological polar surface area (TPSA) is 101 Å². The Morgan fingerprint density at radius 1 is 1.31 bits per heavy atom. The molecule has 1 fully saturated rings. The third-order valence-corrected chi connectivity index (χ3v) is 7.35. The van der Waals surface area contributed by atoms with Gasteiger partial charge in [-0.3, -0.25) is 9.36 Å². The van der Waals surface area contributed by atoms with Crippen molar-refractivity contribution in [2.24, 2.45) is 0 Å². The molecule has 2 aromatic rings. The second-order valence-electron chi connectivity index (χ2n) is 7.51. The lowest BCUT2D eigenvalue weighted by atomic mass is 10.1. The molecule has 2 heterocycles. The molecule has 9 heteroatoms. The van der Waals surface area contributed by atoms with Crippen LogP contribution in [0.1, 0.15) is 46.0 Å². The van der Waals surface area contributed by atoms with E-state index in [0.717, 1.165) is 32.1 Å². The van der Waals surface area contributed by atoms with Crippen LogP contribution in [0.5, 0.6) is 0 Å². The van der Waals surface area contributed by atoms with Crippen molar-refractivity contribution in [3.8, 4) is 0 Å². The van der Waals surface area contributed by atoms with Gasteiger partial charge in [0, 0.05) is 30.7 Å². The van der Waals surface area contributed by atoms with Crippen LogP contribution >= 0.6 is 0 Å². The van der Waals surface area contributed by atoms with Crippen molar-refractivity contribution in [3.05, 3.63) is 34.9 Å². The molecular formula is C20H28N4O4S. The van der Waals surface area contributed by atoms with Gasteiger partial charge in [0.05, 0.1) is 10.4 Å². The monoisotopic (exact) mass is 420 g/mol. The summed E-state index contributed by atoms with van der Waals surface area (Å²) in [5.41, 5.74) is -0.0512. The van der Waals surface area contributed by atoms with Crippen molar-refractivity contribution in [2.75, 3.05) is 13.1 Å². The first-order valence-corrected chi connectivity index (χ1v) is 11.6. The van der Waals surface area contributed by atoms with Crippen LogP contribution in [0, 0.1) is 0 Å². The molecule has 0 bridgehead atoms. The highest BCUT2D eigenvalue weighted by Crippen LogP contribution is 2.26. The fourth-order valence-electron chi connectivity index (χ4n) is 3.66. The molecule has 1 atom stereocenters. The van der Waals surface area contributed by atoms with Crippen molar-refractivity contribution in [3.63, 3.8) is 0 Å². The predicted molar refractivity (Wildman–Crippen MR) is 111 cm³/mol. The Kier molecular flexibility index (Phi) is 6.69. The van der Waals surface area contributed by atoms with Gasteiger partial charge in [0.1, 0.15) is 6.54 Å². The van der Waals surface area contributed by atoms with Crippen LogP contribution in [0.15, 0.2) is 34.1 Å². The standard InChI is InChI=1S/C20H28N4O4S/c1-3-4-10-21-19(25)14-23-18-9-8-17(12-16(18)13-22-20(23)26)29(27,28)24-11-6-5-7-15(24)2/h8-9,12-13,15H,3-7,10-11,14H2,1-2H3,(H,21,25)/t15-/m0/s1. The van der Waals surface area contributed by atoms with Gasteiger partial charge in [-0.25, -0.2) is 18.2 Å². The van der Waals surface area contributed by atoms with Crippen molar-refractivity contribution >= 4 is 26.8 Å². The molecule has 1 amide bonds. The molecule has 8 nitrogen and oxygen atoms in total. The van der Waals surface area contributed by atoms with E-state index >= 15 is 0 Å². The smallest absolute Gasteiger partial charge is 0.348 e. The number of aromatic nitrogens is 2. The molecule has 1 aromatic heterocycles. The number of hydrogen-bond donors (Lipinski definition) is 1. The second-order valence-corrected chi connectivity index (χ2v) is 9.40. The van der Waals surface area contributed by atoms with E-state index in [4.69, 9.17) is 0 Å². The molecule has 158 valence electrons. The van der Waals surface area contributed by atoms with Gasteiger partial charge in [-0.05, 0) is 44.4 Å². The lowest BCUT2D eigenvalue weighted by Crippen LogP contribution is -2.41. The number of fused-ring (bicyclic) bond motifs is 1. The van der Waals surface area contributed by atoms with Crippen molar-refractivity contribution < 1.29 is 13.2 Å². The SMILES string of the molecule is CCCCNC(=O)Cn1c(=O)ncc2cc(S(=O)(=O)N3CCCC[C@@H]3C)ccc21. The number of piperidine rings is 1. The van der Waals surface area contributed by atoms with Gasteiger partial charge in [0.15, 0.2) is 0 Å². The molecule has 0 aliphatic carbocycles. The first kappa shape index (κ1) is 21.4. The minimum atomic E-state index is -3.62. The fourth-order valence-corrected chi connectivity index (χ4v) is 5.40. The van der Waals surface area contributed by atoms with Gasteiger partial charge in [-0.1, -0.05) is 19.8 Å². The van der Waals surface area contributed by atoms with E-state index in [1.54, 1.807) is 10.4 Å². The minimum absolute atomic E-state index is 0.0386. The summed E-state index contributed by atoms with van der Waals surface area (Å²) in [4.78, 5) is 28.4.